The summed E-state index contributed by atoms with van der Waals surface area (Å²) < 4.78 is 5.66. The van der Waals surface area contributed by atoms with E-state index in [0.29, 0.717) is 6.04 Å². The van der Waals surface area contributed by atoms with Crippen molar-refractivity contribution < 1.29 is 4.74 Å². The van der Waals surface area contributed by atoms with E-state index in [2.05, 4.69) is 33.7 Å². The third kappa shape index (κ3) is 3.93. The predicted molar refractivity (Wildman–Crippen MR) is 91.8 cm³/mol. The van der Waals surface area contributed by atoms with Gasteiger partial charge in [0.25, 0.3) is 0 Å². The number of hydrogen-bond donors (Lipinski definition) is 2. The first-order valence-electron chi connectivity index (χ1n) is 8.73. The highest BCUT2D eigenvalue weighted by atomic mass is 16.5. The van der Waals surface area contributed by atoms with Gasteiger partial charge in [0, 0.05) is 32.2 Å². The first-order valence-corrected chi connectivity index (χ1v) is 8.73. The highest BCUT2D eigenvalue weighted by Crippen LogP contribution is 2.30. The van der Waals surface area contributed by atoms with Crippen LogP contribution in [0.15, 0.2) is 18.2 Å². The molecule has 0 radical (unpaired) electrons. The lowest BCUT2D eigenvalue weighted by Gasteiger charge is -2.25. The van der Waals surface area contributed by atoms with E-state index in [1.165, 1.54) is 43.4 Å². The zero-order valence-electron chi connectivity index (χ0n) is 13.7. The van der Waals surface area contributed by atoms with Gasteiger partial charge in [-0.3, -0.25) is 0 Å². The summed E-state index contributed by atoms with van der Waals surface area (Å²) in [5.74, 6) is 1.01. The highest BCUT2D eigenvalue weighted by Gasteiger charge is 2.16. The molecule has 1 aromatic rings. The van der Waals surface area contributed by atoms with Crippen molar-refractivity contribution in [3.05, 3.63) is 23.8 Å². The number of benzene rings is 1. The molecular weight excluding hydrogens is 274 g/mol. The van der Waals surface area contributed by atoms with Gasteiger partial charge in [-0.15, -0.1) is 0 Å². The Kier molecular flexibility index (Phi) is 5.57. The minimum atomic E-state index is 0.711. The normalized spacial score (nSPS) is 20.1. The van der Waals surface area contributed by atoms with E-state index in [1.807, 2.05) is 0 Å². The molecule has 1 heterocycles. The van der Waals surface area contributed by atoms with Gasteiger partial charge in [-0.2, -0.15) is 0 Å². The Balaban J connectivity index is 1.66. The van der Waals surface area contributed by atoms with Gasteiger partial charge in [0.05, 0.1) is 12.8 Å². The first kappa shape index (κ1) is 15.6. The summed E-state index contributed by atoms with van der Waals surface area (Å²) in [5.41, 5.74) is 2.55. The van der Waals surface area contributed by atoms with Crippen LogP contribution in [0.2, 0.25) is 0 Å². The molecule has 1 aliphatic carbocycles. The Morgan fingerprint density at radius 1 is 1.18 bits per heavy atom. The number of hydrogen-bond acceptors (Lipinski definition) is 4. The fraction of sp³-hybridized carbons (Fsp3) is 0.667. The van der Waals surface area contributed by atoms with Crippen LogP contribution in [0.4, 0.5) is 5.69 Å². The summed E-state index contributed by atoms with van der Waals surface area (Å²) in [6.07, 6.45) is 6.60. The molecule has 2 fully saturated rings. The van der Waals surface area contributed by atoms with E-state index in [0.717, 1.165) is 38.5 Å². The van der Waals surface area contributed by atoms with Gasteiger partial charge in [-0.25, -0.2) is 0 Å². The minimum Gasteiger partial charge on any atom is -0.495 e. The maximum Gasteiger partial charge on any atom is 0.142 e. The van der Waals surface area contributed by atoms with Crippen molar-refractivity contribution in [2.45, 2.75) is 44.7 Å². The lowest BCUT2D eigenvalue weighted by Crippen LogP contribution is -2.28. The second kappa shape index (κ2) is 7.84. The molecule has 0 spiro atoms. The van der Waals surface area contributed by atoms with Crippen LogP contribution in [0, 0.1) is 0 Å². The standard InChI is InChI=1S/C18H29N3O/c1-22-18-13-15(14-20-16-5-2-3-6-16)7-8-17(18)21-11-4-9-19-10-12-21/h7-8,13,16,19-20H,2-6,9-12,14H2,1H3. The SMILES string of the molecule is COc1cc(CNC2CCCC2)ccc1N1CCCNCC1. The van der Waals surface area contributed by atoms with Gasteiger partial charge in [0.15, 0.2) is 0 Å². The molecule has 4 heteroatoms. The molecule has 122 valence electrons. The van der Waals surface area contributed by atoms with Crippen LogP contribution >= 0.6 is 0 Å². The summed E-state index contributed by atoms with van der Waals surface area (Å²) in [4.78, 5) is 2.44. The van der Waals surface area contributed by atoms with Crippen molar-refractivity contribution >= 4 is 5.69 Å². The van der Waals surface area contributed by atoms with E-state index < -0.39 is 0 Å². The Morgan fingerprint density at radius 2 is 2.05 bits per heavy atom. The van der Waals surface area contributed by atoms with Crippen molar-refractivity contribution in [1.29, 1.82) is 0 Å². The third-order valence-corrected chi connectivity index (χ3v) is 4.87. The third-order valence-electron chi connectivity index (χ3n) is 4.87. The van der Waals surface area contributed by atoms with Crippen molar-refractivity contribution in [2.24, 2.45) is 0 Å². The zero-order chi connectivity index (χ0) is 15.2. The molecule has 2 aliphatic rings. The summed E-state index contributed by atoms with van der Waals surface area (Å²) in [6, 6.07) is 7.39. The first-order chi connectivity index (χ1) is 10.9. The van der Waals surface area contributed by atoms with E-state index in [4.69, 9.17) is 4.74 Å². The molecule has 1 saturated carbocycles. The van der Waals surface area contributed by atoms with Crippen LogP contribution in [0.5, 0.6) is 5.75 Å². The number of methoxy groups -OCH3 is 1. The topological polar surface area (TPSA) is 36.5 Å². The minimum absolute atomic E-state index is 0.711. The van der Waals surface area contributed by atoms with Crippen LogP contribution in [0.25, 0.3) is 0 Å². The fourth-order valence-corrected chi connectivity index (χ4v) is 3.57. The number of nitrogens with zero attached hydrogens (tertiary/aromatic N) is 1. The molecule has 22 heavy (non-hydrogen) atoms. The van der Waals surface area contributed by atoms with Gasteiger partial charge in [0.1, 0.15) is 5.75 Å². The lowest BCUT2D eigenvalue weighted by molar-refractivity contribution is 0.413. The number of nitrogens with one attached hydrogen (secondary N) is 2. The molecule has 3 rings (SSSR count). The molecule has 0 aromatic heterocycles. The van der Waals surface area contributed by atoms with Crippen LogP contribution in [0.1, 0.15) is 37.7 Å². The summed E-state index contributed by atoms with van der Waals surface area (Å²) in [5, 5.41) is 7.13. The van der Waals surface area contributed by atoms with Crippen LogP contribution in [-0.4, -0.2) is 39.3 Å². The monoisotopic (exact) mass is 303 g/mol. The Morgan fingerprint density at radius 3 is 2.86 bits per heavy atom. The smallest absolute Gasteiger partial charge is 0.142 e. The molecular formula is C18H29N3O. The predicted octanol–water partition coefficient (Wildman–Crippen LogP) is 2.53. The molecule has 1 saturated heterocycles. The van der Waals surface area contributed by atoms with Crippen molar-refractivity contribution in [2.75, 3.05) is 38.2 Å². The molecule has 0 atom stereocenters. The van der Waals surface area contributed by atoms with E-state index in [1.54, 1.807) is 7.11 Å². The quantitative estimate of drug-likeness (QED) is 0.876. The zero-order valence-corrected chi connectivity index (χ0v) is 13.7. The van der Waals surface area contributed by atoms with Crippen molar-refractivity contribution in [1.82, 2.24) is 10.6 Å². The number of ether oxygens (including phenoxy) is 1. The lowest BCUT2D eigenvalue weighted by atomic mass is 10.1. The van der Waals surface area contributed by atoms with Crippen molar-refractivity contribution in [3.8, 4) is 5.75 Å². The van der Waals surface area contributed by atoms with Gasteiger partial charge in [0.2, 0.25) is 0 Å². The molecule has 4 nitrogen and oxygen atoms in total. The second-order valence-electron chi connectivity index (χ2n) is 6.46. The van der Waals surface area contributed by atoms with Gasteiger partial charge in [-0.1, -0.05) is 18.9 Å². The maximum atomic E-state index is 5.66. The molecule has 2 N–H and O–H groups in total. The van der Waals surface area contributed by atoms with E-state index in [9.17, 15) is 0 Å². The molecule has 0 unspecified atom stereocenters. The maximum absolute atomic E-state index is 5.66. The average Bonchev–Trinajstić information content (AvgIpc) is 2.93. The summed E-state index contributed by atoms with van der Waals surface area (Å²) >= 11 is 0. The number of anilines is 1. The average molecular weight is 303 g/mol. The Labute approximate surface area is 134 Å². The van der Waals surface area contributed by atoms with E-state index in [-0.39, 0.29) is 0 Å². The van der Waals surface area contributed by atoms with Gasteiger partial charge >= 0.3 is 0 Å². The van der Waals surface area contributed by atoms with Crippen LogP contribution < -0.4 is 20.3 Å². The second-order valence-corrected chi connectivity index (χ2v) is 6.46. The highest BCUT2D eigenvalue weighted by molar-refractivity contribution is 5.60. The largest absolute Gasteiger partial charge is 0.495 e. The van der Waals surface area contributed by atoms with Crippen molar-refractivity contribution in [3.63, 3.8) is 0 Å². The fourth-order valence-electron chi connectivity index (χ4n) is 3.57. The van der Waals surface area contributed by atoms with E-state index >= 15 is 0 Å². The Bertz CT molecular complexity index is 463. The Hall–Kier alpha value is -1.26. The number of rotatable bonds is 5. The summed E-state index contributed by atoms with van der Waals surface area (Å²) in [7, 11) is 1.78. The van der Waals surface area contributed by atoms with Crippen LogP contribution in [0.3, 0.4) is 0 Å². The van der Waals surface area contributed by atoms with Crippen LogP contribution in [-0.2, 0) is 6.54 Å². The molecule has 0 amide bonds. The molecule has 0 bridgehead atoms. The summed E-state index contributed by atoms with van der Waals surface area (Å²) in [6.45, 7) is 5.26. The molecule has 1 aromatic carbocycles. The van der Waals surface area contributed by atoms with Gasteiger partial charge in [-0.05, 0) is 43.5 Å². The van der Waals surface area contributed by atoms with Gasteiger partial charge < -0.3 is 20.3 Å². The molecule has 1 aliphatic heterocycles.